The van der Waals surface area contributed by atoms with Crippen molar-refractivity contribution in [2.24, 2.45) is 0 Å². The van der Waals surface area contributed by atoms with Gasteiger partial charge in [-0.25, -0.2) is 9.67 Å². The van der Waals surface area contributed by atoms with Crippen molar-refractivity contribution >= 4 is 16.7 Å². The second-order valence-electron chi connectivity index (χ2n) is 7.14. The minimum absolute atomic E-state index is 0.215. The number of hydrogen-bond acceptors (Lipinski definition) is 6. The van der Waals surface area contributed by atoms with Crippen LogP contribution in [0.4, 0.5) is 5.95 Å². The highest BCUT2D eigenvalue weighted by atomic mass is 16.1. The molecule has 0 bridgehead atoms. The Morgan fingerprint density at radius 2 is 1.93 bits per heavy atom. The number of pyridine rings is 1. The highest BCUT2D eigenvalue weighted by molar-refractivity contribution is 5.80. The first-order valence-electron chi connectivity index (χ1n) is 9.72. The molecule has 8 heteroatoms. The maximum Gasteiger partial charge on any atom is 0.275 e. The van der Waals surface area contributed by atoms with E-state index in [1.54, 1.807) is 18.5 Å². The van der Waals surface area contributed by atoms with Crippen molar-refractivity contribution in [1.29, 1.82) is 0 Å². The molecule has 1 aromatic carbocycles. The van der Waals surface area contributed by atoms with Crippen LogP contribution in [0.2, 0.25) is 0 Å². The molecule has 0 radical (unpaired) electrons. The number of benzene rings is 1. The summed E-state index contributed by atoms with van der Waals surface area (Å²) in [6, 6.07) is 14.0. The number of fused-ring (bicyclic) bond motifs is 1. The van der Waals surface area contributed by atoms with Gasteiger partial charge in [-0.3, -0.25) is 19.6 Å². The minimum Gasteiger partial charge on any atom is -0.345 e. The van der Waals surface area contributed by atoms with E-state index in [-0.39, 0.29) is 11.1 Å². The third-order valence-corrected chi connectivity index (χ3v) is 5.06. The van der Waals surface area contributed by atoms with Gasteiger partial charge in [0.1, 0.15) is 0 Å². The number of aromatic amines is 1. The number of anilines is 1. The topological polar surface area (TPSA) is 96.8 Å². The van der Waals surface area contributed by atoms with Gasteiger partial charge < -0.3 is 4.90 Å². The average Bonchev–Trinajstić information content (AvgIpc) is 2.78. The second-order valence-corrected chi connectivity index (χ2v) is 7.14. The van der Waals surface area contributed by atoms with E-state index in [1.165, 1.54) is 10.7 Å². The molecule has 8 nitrogen and oxygen atoms in total. The van der Waals surface area contributed by atoms with Crippen LogP contribution in [0.1, 0.15) is 24.4 Å². The lowest BCUT2D eigenvalue weighted by Crippen LogP contribution is -2.30. The van der Waals surface area contributed by atoms with Crippen LogP contribution in [0.25, 0.3) is 10.8 Å². The molecule has 0 amide bonds. The zero-order valence-corrected chi connectivity index (χ0v) is 16.8. The van der Waals surface area contributed by atoms with E-state index >= 15 is 0 Å². The summed E-state index contributed by atoms with van der Waals surface area (Å²) in [7, 11) is 1.86. The Morgan fingerprint density at radius 3 is 2.73 bits per heavy atom. The quantitative estimate of drug-likeness (QED) is 0.531. The van der Waals surface area contributed by atoms with Crippen LogP contribution in [0.15, 0.2) is 70.5 Å². The van der Waals surface area contributed by atoms with Gasteiger partial charge in [-0.15, -0.1) is 0 Å². The van der Waals surface area contributed by atoms with Gasteiger partial charge in [-0.1, -0.05) is 24.3 Å². The first kappa shape index (κ1) is 19.5. The predicted molar refractivity (Wildman–Crippen MR) is 116 cm³/mol. The summed E-state index contributed by atoms with van der Waals surface area (Å²) in [5, 5.41) is 5.65. The van der Waals surface area contributed by atoms with Crippen molar-refractivity contribution in [3.8, 4) is 0 Å². The zero-order valence-electron chi connectivity index (χ0n) is 16.8. The van der Waals surface area contributed by atoms with Crippen LogP contribution in [0.5, 0.6) is 0 Å². The molecule has 0 spiro atoms. The van der Waals surface area contributed by atoms with E-state index in [1.807, 2.05) is 55.3 Å². The molecule has 4 aromatic rings. The van der Waals surface area contributed by atoms with E-state index in [9.17, 15) is 9.59 Å². The van der Waals surface area contributed by atoms with Crippen LogP contribution in [-0.2, 0) is 6.42 Å². The zero-order chi connectivity index (χ0) is 21.1. The fourth-order valence-corrected chi connectivity index (χ4v) is 3.30. The Bertz CT molecular complexity index is 1280. The maximum absolute atomic E-state index is 12.9. The van der Waals surface area contributed by atoms with Gasteiger partial charge >= 0.3 is 0 Å². The summed E-state index contributed by atoms with van der Waals surface area (Å²) in [5.74, 6) is 0.439. The monoisotopic (exact) mass is 402 g/mol. The molecule has 1 atom stereocenters. The molecule has 152 valence electrons. The van der Waals surface area contributed by atoms with Crippen LogP contribution >= 0.6 is 0 Å². The summed E-state index contributed by atoms with van der Waals surface area (Å²) >= 11 is 0. The Hall–Kier alpha value is -3.81. The summed E-state index contributed by atoms with van der Waals surface area (Å²) in [6.45, 7) is 2.44. The lowest BCUT2D eigenvalue weighted by atomic mass is 10.2. The van der Waals surface area contributed by atoms with E-state index in [0.29, 0.717) is 30.0 Å². The van der Waals surface area contributed by atoms with Crippen LogP contribution in [0.3, 0.4) is 0 Å². The van der Waals surface area contributed by atoms with Crippen molar-refractivity contribution < 1.29 is 0 Å². The second kappa shape index (κ2) is 8.28. The largest absolute Gasteiger partial charge is 0.345 e. The molecule has 0 saturated heterocycles. The van der Waals surface area contributed by atoms with Crippen molar-refractivity contribution in [2.75, 3.05) is 18.5 Å². The summed E-state index contributed by atoms with van der Waals surface area (Å²) in [4.78, 5) is 38.7. The smallest absolute Gasteiger partial charge is 0.275 e. The molecule has 0 aliphatic heterocycles. The van der Waals surface area contributed by atoms with Gasteiger partial charge in [-0.2, -0.15) is 5.10 Å². The van der Waals surface area contributed by atoms with E-state index in [2.05, 4.69) is 20.1 Å². The summed E-state index contributed by atoms with van der Waals surface area (Å²) in [6.07, 6.45) is 4.12. The fourth-order valence-electron chi connectivity index (χ4n) is 3.30. The first-order chi connectivity index (χ1) is 14.5. The summed E-state index contributed by atoms with van der Waals surface area (Å²) in [5.41, 5.74) is 0.944. The van der Waals surface area contributed by atoms with E-state index < -0.39 is 6.04 Å². The highest BCUT2D eigenvalue weighted by Crippen LogP contribution is 2.16. The molecule has 1 unspecified atom stereocenters. The standard InChI is InChI=1S/C22H22N6O2/c1-15(28-21(30)18-9-4-3-7-16(18)14-24-28)19-13-20(29)26-22(25-19)27(2)12-10-17-8-5-6-11-23-17/h3-9,11,13-15H,10,12H2,1-2H3,(H,25,26,29). The normalized spacial score (nSPS) is 12.1. The molecular weight excluding hydrogens is 380 g/mol. The highest BCUT2D eigenvalue weighted by Gasteiger charge is 2.17. The average molecular weight is 402 g/mol. The number of rotatable bonds is 6. The van der Waals surface area contributed by atoms with Crippen LogP contribution in [-0.4, -0.2) is 38.3 Å². The number of H-pyrrole nitrogens is 1. The number of hydrogen-bond donors (Lipinski definition) is 1. The fraction of sp³-hybridized carbons (Fsp3) is 0.227. The number of nitrogens with one attached hydrogen (secondary N) is 1. The third-order valence-electron chi connectivity index (χ3n) is 5.06. The number of likely N-dealkylation sites (N-methyl/N-ethyl adjacent to an activating group) is 1. The number of aromatic nitrogens is 5. The molecule has 1 N–H and O–H groups in total. The first-order valence-corrected chi connectivity index (χ1v) is 9.72. The molecule has 3 aromatic heterocycles. The number of nitrogens with zero attached hydrogens (tertiary/aromatic N) is 5. The SMILES string of the molecule is CC(c1cc(=O)[nH]c(N(C)CCc2ccccn2)n1)n1ncc2ccccc2c1=O. The van der Waals surface area contributed by atoms with Crippen molar-refractivity contribution in [2.45, 2.75) is 19.4 Å². The van der Waals surface area contributed by atoms with Gasteiger partial charge in [-0.05, 0) is 25.1 Å². The van der Waals surface area contributed by atoms with Crippen molar-refractivity contribution in [1.82, 2.24) is 24.7 Å². The van der Waals surface area contributed by atoms with Crippen LogP contribution in [0, 0.1) is 0 Å². The van der Waals surface area contributed by atoms with E-state index in [4.69, 9.17) is 0 Å². The van der Waals surface area contributed by atoms with Crippen molar-refractivity contribution in [3.05, 3.63) is 93.0 Å². The molecule has 3 heterocycles. The molecule has 30 heavy (non-hydrogen) atoms. The van der Waals surface area contributed by atoms with Gasteiger partial charge in [0.15, 0.2) is 0 Å². The van der Waals surface area contributed by atoms with E-state index in [0.717, 1.165) is 11.1 Å². The molecule has 0 aliphatic rings. The van der Waals surface area contributed by atoms with Gasteiger partial charge in [0.25, 0.3) is 11.1 Å². The lowest BCUT2D eigenvalue weighted by Gasteiger charge is -2.20. The molecule has 0 saturated carbocycles. The molecule has 4 rings (SSSR count). The van der Waals surface area contributed by atoms with Gasteiger partial charge in [0.2, 0.25) is 5.95 Å². The Labute approximate surface area is 172 Å². The van der Waals surface area contributed by atoms with Gasteiger partial charge in [0.05, 0.1) is 23.3 Å². The lowest BCUT2D eigenvalue weighted by molar-refractivity contribution is 0.523. The Kier molecular flexibility index (Phi) is 5.38. The van der Waals surface area contributed by atoms with Crippen LogP contribution < -0.4 is 16.0 Å². The molecular formula is C22H22N6O2. The Balaban J connectivity index is 1.62. The van der Waals surface area contributed by atoms with Gasteiger partial charge in [0, 0.05) is 43.4 Å². The predicted octanol–water partition coefficient (Wildman–Crippen LogP) is 2.16. The maximum atomic E-state index is 12.9. The molecule has 0 aliphatic carbocycles. The minimum atomic E-state index is -0.493. The Morgan fingerprint density at radius 1 is 1.13 bits per heavy atom. The third kappa shape index (κ3) is 3.98. The van der Waals surface area contributed by atoms with Crippen molar-refractivity contribution in [3.63, 3.8) is 0 Å². The molecule has 0 fully saturated rings. The summed E-state index contributed by atoms with van der Waals surface area (Å²) < 4.78 is 1.36.